The standard InChI is InChI=1S/C21H27NO5.C19H22O5/c1-26-20-6-5-14(7-16(20)10-18(25)11-22)3-4-15-8-17(12-23)19(13-24)21(9-15)27-2;1-3-24-18-7-6-13(9-17(18)22)4-5-14-8-15(11-20)16(12-21)19(10-14)23-2/h5-9,23-24H,3-4,10-13,22H2,1-2H3;4-10,20-22H,3,11-12H2,1-2H3/b;5-4-. The van der Waals surface area contributed by atoms with Crippen molar-refractivity contribution in [3.8, 4) is 28.7 Å². The Morgan fingerprint density at radius 1 is 0.647 bits per heavy atom. The third-order valence-corrected chi connectivity index (χ3v) is 8.20. The molecule has 11 nitrogen and oxygen atoms in total. The van der Waals surface area contributed by atoms with E-state index in [0.717, 1.165) is 40.7 Å². The minimum absolute atomic E-state index is 0.00825. The number of phenols is 1. The van der Waals surface area contributed by atoms with Crippen molar-refractivity contribution in [3.63, 3.8) is 0 Å². The zero-order chi connectivity index (χ0) is 37.3. The molecule has 0 aliphatic carbocycles. The molecule has 4 aromatic rings. The number of aromatic hydroxyl groups is 1. The van der Waals surface area contributed by atoms with Gasteiger partial charge in [-0.25, -0.2) is 0 Å². The van der Waals surface area contributed by atoms with Crippen LogP contribution in [0.1, 0.15) is 57.0 Å². The number of hydrogen-bond acceptors (Lipinski definition) is 11. The van der Waals surface area contributed by atoms with Gasteiger partial charge < -0.3 is 50.2 Å². The van der Waals surface area contributed by atoms with Gasteiger partial charge in [0.05, 0.1) is 60.9 Å². The summed E-state index contributed by atoms with van der Waals surface area (Å²) >= 11 is 0. The van der Waals surface area contributed by atoms with Crippen LogP contribution in [-0.2, 0) is 50.5 Å². The summed E-state index contributed by atoms with van der Waals surface area (Å²) in [6.07, 6.45) is 5.41. The van der Waals surface area contributed by atoms with E-state index < -0.39 is 0 Å². The van der Waals surface area contributed by atoms with Gasteiger partial charge in [-0.2, -0.15) is 0 Å². The van der Waals surface area contributed by atoms with Crippen molar-refractivity contribution < 1.29 is 49.3 Å². The first-order chi connectivity index (χ1) is 24.7. The van der Waals surface area contributed by atoms with Gasteiger partial charge >= 0.3 is 0 Å². The lowest BCUT2D eigenvalue weighted by atomic mass is 9.97. The number of ether oxygens (including phenoxy) is 4. The first kappa shape index (κ1) is 40.5. The van der Waals surface area contributed by atoms with Crippen LogP contribution in [0.15, 0.2) is 60.7 Å². The molecule has 4 aromatic carbocycles. The summed E-state index contributed by atoms with van der Waals surface area (Å²) in [6.45, 7) is 1.63. The van der Waals surface area contributed by atoms with Gasteiger partial charge in [0.25, 0.3) is 0 Å². The van der Waals surface area contributed by atoms with Gasteiger partial charge in [0.15, 0.2) is 17.3 Å². The minimum atomic E-state index is -0.199. The predicted molar refractivity (Wildman–Crippen MR) is 196 cm³/mol. The molecule has 0 atom stereocenters. The molecule has 51 heavy (non-hydrogen) atoms. The topological polar surface area (TPSA) is 181 Å². The molecule has 4 rings (SSSR count). The summed E-state index contributed by atoms with van der Waals surface area (Å²) < 4.78 is 21.2. The molecule has 0 aliphatic rings. The van der Waals surface area contributed by atoms with E-state index in [1.807, 2.05) is 55.5 Å². The Hall–Kier alpha value is -4.91. The number of hydrogen-bond donors (Lipinski definition) is 6. The number of ketones is 1. The first-order valence-electron chi connectivity index (χ1n) is 16.5. The molecule has 0 bridgehead atoms. The fraction of sp³-hybridized carbons (Fsp3) is 0.325. The smallest absolute Gasteiger partial charge is 0.160 e. The normalized spacial score (nSPS) is 10.8. The van der Waals surface area contributed by atoms with Crippen molar-refractivity contribution in [2.45, 2.75) is 52.6 Å². The predicted octanol–water partition coefficient (Wildman–Crippen LogP) is 4.50. The molecular formula is C40H49NO10. The molecule has 0 unspecified atom stereocenters. The summed E-state index contributed by atoms with van der Waals surface area (Å²) in [7, 11) is 4.65. The second-order valence-corrected chi connectivity index (χ2v) is 11.5. The number of Topliss-reactive ketones (excluding diaryl/α,β-unsaturated/α-hetero) is 1. The van der Waals surface area contributed by atoms with Gasteiger partial charge in [-0.3, -0.25) is 4.79 Å². The molecule has 0 spiro atoms. The Balaban J connectivity index is 0.000000277. The minimum Gasteiger partial charge on any atom is -0.504 e. The number of carbonyl (C=O) groups is 1. The Morgan fingerprint density at radius 2 is 1.22 bits per heavy atom. The van der Waals surface area contributed by atoms with Crippen molar-refractivity contribution in [1.82, 2.24) is 0 Å². The van der Waals surface area contributed by atoms with Crippen LogP contribution in [0.3, 0.4) is 0 Å². The van der Waals surface area contributed by atoms with Crippen LogP contribution < -0.4 is 24.7 Å². The van der Waals surface area contributed by atoms with Crippen molar-refractivity contribution in [2.75, 3.05) is 34.5 Å². The lowest BCUT2D eigenvalue weighted by molar-refractivity contribution is -0.117. The van der Waals surface area contributed by atoms with Gasteiger partial charge in [0.1, 0.15) is 17.2 Å². The maximum atomic E-state index is 11.7. The van der Waals surface area contributed by atoms with Gasteiger partial charge in [-0.05, 0) is 89.5 Å². The Morgan fingerprint density at radius 3 is 1.78 bits per heavy atom. The van der Waals surface area contributed by atoms with E-state index in [9.17, 15) is 30.3 Å². The number of benzene rings is 4. The molecule has 0 amide bonds. The molecule has 0 heterocycles. The van der Waals surface area contributed by atoms with Gasteiger partial charge in [0, 0.05) is 23.1 Å². The highest BCUT2D eigenvalue weighted by atomic mass is 16.5. The summed E-state index contributed by atoms with van der Waals surface area (Å²) in [5.74, 6) is 2.27. The monoisotopic (exact) mass is 703 g/mol. The van der Waals surface area contributed by atoms with Crippen LogP contribution in [-0.4, -0.2) is 65.8 Å². The zero-order valence-electron chi connectivity index (χ0n) is 29.6. The Bertz CT molecular complexity index is 1720. The quantitative estimate of drug-likeness (QED) is 0.0853. The van der Waals surface area contributed by atoms with E-state index >= 15 is 0 Å². The van der Waals surface area contributed by atoms with Gasteiger partial charge in [-0.1, -0.05) is 36.4 Å². The fourth-order valence-electron chi connectivity index (χ4n) is 5.55. The van der Waals surface area contributed by atoms with E-state index in [2.05, 4.69) is 0 Å². The van der Waals surface area contributed by atoms with Gasteiger partial charge in [-0.15, -0.1) is 0 Å². The highest BCUT2D eigenvalue weighted by Crippen LogP contribution is 2.30. The SMILES string of the molecule is CCOc1ccc(/C=C\c2cc(CO)c(CO)c(OC)c2)cc1O.COc1ccc(CCc2cc(CO)c(CO)c(OC)c2)cc1CC(=O)CN. The summed E-state index contributed by atoms with van der Waals surface area (Å²) in [6, 6.07) is 18.3. The fourth-order valence-corrected chi connectivity index (χ4v) is 5.55. The van der Waals surface area contributed by atoms with Crippen LogP contribution in [0, 0.1) is 0 Å². The van der Waals surface area contributed by atoms with Crippen molar-refractivity contribution in [2.24, 2.45) is 5.73 Å². The number of methoxy groups -OCH3 is 3. The number of aliphatic hydroxyl groups excluding tert-OH is 4. The van der Waals surface area contributed by atoms with E-state index in [-0.39, 0.29) is 50.9 Å². The second-order valence-electron chi connectivity index (χ2n) is 11.5. The van der Waals surface area contributed by atoms with Gasteiger partial charge in [0.2, 0.25) is 0 Å². The molecule has 0 saturated carbocycles. The molecule has 0 aliphatic heterocycles. The number of aliphatic hydroxyl groups is 4. The molecule has 0 aromatic heterocycles. The largest absolute Gasteiger partial charge is 0.504 e. The lowest BCUT2D eigenvalue weighted by Crippen LogP contribution is -2.16. The Labute approximate surface area is 299 Å². The van der Waals surface area contributed by atoms with E-state index in [0.29, 0.717) is 51.9 Å². The highest BCUT2D eigenvalue weighted by Gasteiger charge is 2.13. The first-order valence-corrected chi connectivity index (χ1v) is 16.5. The van der Waals surface area contributed by atoms with Crippen molar-refractivity contribution >= 4 is 17.9 Å². The maximum absolute atomic E-state index is 11.7. The van der Waals surface area contributed by atoms with E-state index in [4.69, 9.17) is 24.7 Å². The molecule has 0 fully saturated rings. The molecule has 0 radical (unpaired) electrons. The molecule has 0 saturated heterocycles. The molecule has 11 heteroatoms. The number of aryl methyl sites for hydroxylation is 2. The Kier molecular flexibility index (Phi) is 16.4. The summed E-state index contributed by atoms with van der Waals surface area (Å²) in [5, 5.41) is 47.8. The average molecular weight is 704 g/mol. The second kappa shape index (κ2) is 20.7. The van der Waals surface area contributed by atoms with Crippen LogP contribution in [0.25, 0.3) is 12.2 Å². The highest BCUT2D eigenvalue weighted by molar-refractivity contribution is 5.83. The van der Waals surface area contributed by atoms with E-state index in [1.54, 1.807) is 38.5 Å². The third kappa shape index (κ3) is 11.3. The number of carbonyl (C=O) groups excluding carboxylic acids is 1. The van der Waals surface area contributed by atoms with E-state index in [1.165, 1.54) is 7.11 Å². The number of rotatable bonds is 17. The van der Waals surface area contributed by atoms with Crippen LogP contribution in [0.4, 0.5) is 0 Å². The third-order valence-electron chi connectivity index (χ3n) is 8.20. The summed E-state index contributed by atoms with van der Waals surface area (Å²) in [5.41, 5.74) is 12.4. The molecular weight excluding hydrogens is 654 g/mol. The molecule has 7 N–H and O–H groups in total. The molecule has 274 valence electrons. The maximum Gasteiger partial charge on any atom is 0.160 e. The zero-order valence-corrected chi connectivity index (χ0v) is 29.6. The van der Waals surface area contributed by atoms with Crippen LogP contribution in [0.2, 0.25) is 0 Å². The average Bonchev–Trinajstić information content (AvgIpc) is 3.16. The van der Waals surface area contributed by atoms with Crippen molar-refractivity contribution in [3.05, 3.63) is 111 Å². The summed E-state index contributed by atoms with van der Waals surface area (Å²) in [4.78, 5) is 11.7. The number of nitrogens with two attached hydrogens (primary N) is 1. The van der Waals surface area contributed by atoms with Crippen LogP contribution >= 0.6 is 0 Å². The lowest BCUT2D eigenvalue weighted by Gasteiger charge is -2.14. The number of phenolic OH excluding ortho intramolecular Hbond substituents is 1. The van der Waals surface area contributed by atoms with Crippen LogP contribution in [0.5, 0.6) is 28.7 Å². The van der Waals surface area contributed by atoms with Crippen molar-refractivity contribution in [1.29, 1.82) is 0 Å².